The molecule has 0 spiro atoms. The highest BCUT2D eigenvalue weighted by atomic mass is 16.4. The van der Waals surface area contributed by atoms with Crippen LogP contribution in [-0.4, -0.2) is 40.4 Å². The Hall–Kier alpha value is -2.11. The van der Waals surface area contributed by atoms with E-state index in [0.29, 0.717) is 23.7 Å². The number of amidine groups is 1. The molecule has 1 rings (SSSR count). The van der Waals surface area contributed by atoms with Crippen molar-refractivity contribution in [1.29, 1.82) is 0 Å². The predicted molar refractivity (Wildman–Crippen MR) is 73.2 cm³/mol. The minimum atomic E-state index is -0.133. The van der Waals surface area contributed by atoms with Crippen molar-refractivity contribution in [3.05, 3.63) is 29.6 Å². The summed E-state index contributed by atoms with van der Waals surface area (Å²) in [6.07, 6.45) is 2.36. The van der Waals surface area contributed by atoms with Gasteiger partial charge in [0.2, 0.25) is 0 Å². The lowest BCUT2D eigenvalue weighted by atomic mass is 10.1. The predicted octanol–water partition coefficient (Wildman–Crippen LogP) is 1.29. The summed E-state index contributed by atoms with van der Waals surface area (Å²) >= 11 is 0. The fraction of sp³-hybridized carbons (Fsp3) is 0.462. The second-order valence-corrected chi connectivity index (χ2v) is 4.83. The van der Waals surface area contributed by atoms with E-state index in [1.165, 1.54) is 6.20 Å². The van der Waals surface area contributed by atoms with Gasteiger partial charge in [0.25, 0.3) is 5.91 Å². The molecule has 0 saturated heterocycles. The lowest BCUT2D eigenvalue weighted by Gasteiger charge is -2.17. The molecule has 6 heteroatoms. The standard InChI is InChI=1S/C13H20N4O2/c1-9(2)6-7-17(3)13(18)11-5-4-10(8-15-11)12(14)16-19/h4-5,8-9,19H,6-7H2,1-3H3,(H2,14,16). The first-order valence-corrected chi connectivity index (χ1v) is 6.15. The van der Waals surface area contributed by atoms with Crippen LogP contribution in [0.15, 0.2) is 23.5 Å². The molecule has 104 valence electrons. The maximum absolute atomic E-state index is 12.1. The number of hydrogen-bond acceptors (Lipinski definition) is 4. The van der Waals surface area contributed by atoms with Gasteiger partial charge in [-0.3, -0.25) is 9.78 Å². The smallest absolute Gasteiger partial charge is 0.272 e. The van der Waals surface area contributed by atoms with E-state index in [1.807, 2.05) is 0 Å². The molecule has 0 atom stereocenters. The topological polar surface area (TPSA) is 91.8 Å². The molecular formula is C13H20N4O2. The van der Waals surface area contributed by atoms with Crippen molar-refractivity contribution in [2.75, 3.05) is 13.6 Å². The molecule has 1 amide bonds. The Balaban J connectivity index is 2.72. The number of hydrogen-bond donors (Lipinski definition) is 2. The Morgan fingerprint density at radius 3 is 2.68 bits per heavy atom. The summed E-state index contributed by atoms with van der Waals surface area (Å²) in [6, 6.07) is 3.17. The zero-order valence-corrected chi connectivity index (χ0v) is 11.5. The summed E-state index contributed by atoms with van der Waals surface area (Å²) in [6.45, 7) is 4.92. The summed E-state index contributed by atoms with van der Waals surface area (Å²) in [4.78, 5) is 17.7. The van der Waals surface area contributed by atoms with Gasteiger partial charge in [0.1, 0.15) is 5.69 Å². The number of carbonyl (C=O) groups excluding carboxylic acids is 1. The zero-order valence-electron chi connectivity index (χ0n) is 11.5. The van der Waals surface area contributed by atoms with Crippen LogP contribution < -0.4 is 5.73 Å². The van der Waals surface area contributed by atoms with Gasteiger partial charge in [-0.15, -0.1) is 0 Å². The highest BCUT2D eigenvalue weighted by Crippen LogP contribution is 2.06. The third-order valence-electron chi connectivity index (χ3n) is 2.77. The van der Waals surface area contributed by atoms with Gasteiger partial charge >= 0.3 is 0 Å². The number of nitrogens with two attached hydrogens (primary N) is 1. The fourth-order valence-electron chi connectivity index (χ4n) is 1.48. The molecule has 0 aliphatic carbocycles. The van der Waals surface area contributed by atoms with Crippen molar-refractivity contribution in [2.24, 2.45) is 16.8 Å². The van der Waals surface area contributed by atoms with Gasteiger partial charge in [-0.05, 0) is 24.5 Å². The first-order chi connectivity index (χ1) is 8.95. The van der Waals surface area contributed by atoms with Crippen LogP contribution in [0.2, 0.25) is 0 Å². The molecule has 0 aliphatic heterocycles. The number of amides is 1. The van der Waals surface area contributed by atoms with E-state index in [1.54, 1.807) is 24.1 Å². The molecule has 0 unspecified atom stereocenters. The van der Waals surface area contributed by atoms with Gasteiger partial charge in [-0.2, -0.15) is 0 Å². The van der Waals surface area contributed by atoms with E-state index in [2.05, 4.69) is 24.0 Å². The molecule has 1 aromatic heterocycles. The van der Waals surface area contributed by atoms with Crippen molar-refractivity contribution in [1.82, 2.24) is 9.88 Å². The summed E-state index contributed by atoms with van der Waals surface area (Å²) < 4.78 is 0. The fourth-order valence-corrected chi connectivity index (χ4v) is 1.48. The summed E-state index contributed by atoms with van der Waals surface area (Å²) in [5.41, 5.74) is 6.25. The molecular weight excluding hydrogens is 244 g/mol. The van der Waals surface area contributed by atoms with Crippen LogP contribution in [0.5, 0.6) is 0 Å². The number of carbonyl (C=O) groups is 1. The van der Waals surface area contributed by atoms with Gasteiger partial charge in [0.05, 0.1) is 0 Å². The Morgan fingerprint density at radius 2 is 2.21 bits per heavy atom. The average Bonchev–Trinajstić information content (AvgIpc) is 2.43. The van der Waals surface area contributed by atoms with Crippen molar-refractivity contribution in [2.45, 2.75) is 20.3 Å². The Morgan fingerprint density at radius 1 is 1.53 bits per heavy atom. The molecule has 0 bridgehead atoms. The van der Waals surface area contributed by atoms with E-state index < -0.39 is 0 Å². The largest absolute Gasteiger partial charge is 0.409 e. The summed E-state index contributed by atoms with van der Waals surface area (Å²) in [5, 5.41) is 11.4. The van der Waals surface area contributed by atoms with Crippen LogP contribution in [0.25, 0.3) is 0 Å². The Labute approximate surface area is 112 Å². The van der Waals surface area contributed by atoms with E-state index in [4.69, 9.17) is 10.9 Å². The normalized spacial score (nSPS) is 11.7. The molecule has 0 fully saturated rings. The van der Waals surface area contributed by atoms with Gasteiger partial charge in [-0.1, -0.05) is 19.0 Å². The molecule has 0 aromatic carbocycles. The van der Waals surface area contributed by atoms with Crippen molar-refractivity contribution >= 4 is 11.7 Å². The number of pyridine rings is 1. The van der Waals surface area contributed by atoms with Crippen LogP contribution in [0, 0.1) is 5.92 Å². The lowest BCUT2D eigenvalue weighted by Crippen LogP contribution is -2.29. The first-order valence-electron chi connectivity index (χ1n) is 6.15. The Kier molecular flexibility index (Phi) is 5.29. The SMILES string of the molecule is CC(C)CCN(C)C(=O)c1ccc(C(N)=NO)cn1. The molecule has 6 nitrogen and oxygen atoms in total. The maximum atomic E-state index is 12.1. The van der Waals surface area contributed by atoms with Crippen molar-refractivity contribution in [3.63, 3.8) is 0 Å². The highest BCUT2D eigenvalue weighted by molar-refractivity contribution is 5.98. The van der Waals surface area contributed by atoms with Gasteiger partial charge in [0.15, 0.2) is 5.84 Å². The van der Waals surface area contributed by atoms with Crippen LogP contribution in [-0.2, 0) is 0 Å². The molecule has 0 saturated carbocycles. The van der Waals surface area contributed by atoms with Crippen LogP contribution in [0.3, 0.4) is 0 Å². The van der Waals surface area contributed by atoms with Crippen molar-refractivity contribution < 1.29 is 10.0 Å². The monoisotopic (exact) mass is 264 g/mol. The van der Waals surface area contributed by atoms with Crippen LogP contribution in [0.4, 0.5) is 0 Å². The maximum Gasteiger partial charge on any atom is 0.272 e. The summed E-state index contributed by atoms with van der Waals surface area (Å²) in [5.74, 6) is 0.387. The van der Waals surface area contributed by atoms with E-state index in [9.17, 15) is 4.79 Å². The van der Waals surface area contributed by atoms with Gasteiger partial charge in [-0.25, -0.2) is 0 Å². The minimum Gasteiger partial charge on any atom is -0.409 e. The zero-order chi connectivity index (χ0) is 14.4. The molecule has 1 aromatic rings. The number of oxime groups is 1. The number of rotatable bonds is 5. The summed E-state index contributed by atoms with van der Waals surface area (Å²) in [7, 11) is 1.75. The first kappa shape index (κ1) is 14.9. The minimum absolute atomic E-state index is 0.0281. The quantitative estimate of drug-likeness (QED) is 0.363. The Bertz CT molecular complexity index is 454. The molecule has 0 aliphatic rings. The number of aromatic nitrogens is 1. The van der Waals surface area contributed by atoms with Crippen LogP contribution in [0.1, 0.15) is 36.3 Å². The lowest BCUT2D eigenvalue weighted by molar-refractivity contribution is 0.0783. The van der Waals surface area contributed by atoms with Gasteiger partial charge < -0.3 is 15.8 Å². The van der Waals surface area contributed by atoms with E-state index in [0.717, 1.165) is 6.42 Å². The average molecular weight is 264 g/mol. The third-order valence-corrected chi connectivity index (χ3v) is 2.77. The van der Waals surface area contributed by atoms with Gasteiger partial charge in [0, 0.05) is 25.4 Å². The molecule has 3 N–H and O–H groups in total. The van der Waals surface area contributed by atoms with E-state index in [-0.39, 0.29) is 11.7 Å². The van der Waals surface area contributed by atoms with Crippen LogP contribution >= 0.6 is 0 Å². The van der Waals surface area contributed by atoms with E-state index >= 15 is 0 Å². The second-order valence-electron chi connectivity index (χ2n) is 4.83. The number of nitrogens with zero attached hydrogens (tertiary/aromatic N) is 3. The molecule has 0 radical (unpaired) electrons. The van der Waals surface area contributed by atoms with Crippen molar-refractivity contribution in [3.8, 4) is 0 Å². The third kappa shape index (κ3) is 4.24. The second kappa shape index (κ2) is 6.72. The molecule has 19 heavy (non-hydrogen) atoms. The highest BCUT2D eigenvalue weighted by Gasteiger charge is 2.13. The molecule has 1 heterocycles.